The number of allylic oxidation sites excluding steroid dienone is 1. The minimum absolute atomic E-state index is 0.0399. The van der Waals surface area contributed by atoms with Crippen LogP contribution in [0.2, 0.25) is 0 Å². The van der Waals surface area contributed by atoms with Gasteiger partial charge in [0.05, 0.1) is 0 Å². The van der Waals surface area contributed by atoms with Crippen molar-refractivity contribution in [2.75, 3.05) is 6.61 Å². The van der Waals surface area contributed by atoms with Crippen molar-refractivity contribution >= 4 is 5.97 Å². The van der Waals surface area contributed by atoms with Crippen LogP contribution in [0.15, 0.2) is 11.6 Å². The molecule has 4 aliphatic carbocycles. The molecule has 8 atom stereocenters. The number of aliphatic hydroxyl groups is 1. The predicted molar refractivity (Wildman–Crippen MR) is 130 cm³/mol. The lowest BCUT2D eigenvalue weighted by Crippen LogP contribution is -2.51. The zero-order valence-corrected chi connectivity index (χ0v) is 21.4. The third-order valence-electron chi connectivity index (χ3n) is 10.7. The van der Waals surface area contributed by atoms with Crippen LogP contribution < -0.4 is 0 Å². The van der Waals surface area contributed by atoms with Crippen molar-refractivity contribution in [3.05, 3.63) is 11.6 Å². The Morgan fingerprint density at radius 2 is 1.88 bits per heavy atom. The summed E-state index contributed by atoms with van der Waals surface area (Å²) >= 11 is 0. The van der Waals surface area contributed by atoms with Crippen LogP contribution >= 0.6 is 0 Å². The molecule has 0 saturated heterocycles. The first kappa shape index (κ1) is 24.3. The predicted octanol–water partition coefficient (Wildman–Crippen LogP) is 6.93. The highest BCUT2D eigenvalue weighted by Gasteiger charge is 2.59. The summed E-state index contributed by atoms with van der Waals surface area (Å²) in [5.41, 5.74) is 2.36. The second-order valence-electron chi connectivity index (χ2n) is 12.8. The molecular weight excluding hydrogens is 396 g/mol. The van der Waals surface area contributed by atoms with Gasteiger partial charge in [-0.25, -0.2) is 4.79 Å². The molecule has 0 heterocycles. The van der Waals surface area contributed by atoms with Crippen molar-refractivity contribution < 1.29 is 14.6 Å². The Morgan fingerprint density at radius 1 is 1.09 bits per heavy atom. The van der Waals surface area contributed by atoms with E-state index < -0.39 is 12.6 Å². The van der Waals surface area contributed by atoms with Gasteiger partial charge in [0.2, 0.25) is 0 Å². The Kier molecular flexibility index (Phi) is 7.16. The van der Waals surface area contributed by atoms with E-state index in [-0.39, 0.29) is 11.5 Å². The molecule has 0 spiro atoms. The van der Waals surface area contributed by atoms with Gasteiger partial charge in [-0.05, 0) is 91.3 Å². The van der Waals surface area contributed by atoms with E-state index in [9.17, 15) is 4.79 Å². The van der Waals surface area contributed by atoms with E-state index in [0.717, 1.165) is 54.8 Å². The number of esters is 1. The van der Waals surface area contributed by atoms with E-state index in [1.165, 1.54) is 51.4 Å². The average molecular weight is 445 g/mol. The van der Waals surface area contributed by atoms with Crippen molar-refractivity contribution in [2.45, 2.75) is 111 Å². The molecule has 0 aliphatic heterocycles. The first-order valence-electron chi connectivity index (χ1n) is 13.7. The van der Waals surface area contributed by atoms with Gasteiger partial charge in [0.1, 0.15) is 12.7 Å². The number of aliphatic hydroxyl groups excluding tert-OH is 1. The normalized spacial score (nSPS) is 42.0. The maximum atomic E-state index is 11.6. The molecule has 0 aromatic heterocycles. The molecule has 3 nitrogen and oxygen atoms in total. The molecule has 32 heavy (non-hydrogen) atoms. The monoisotopic (exact) mass is 444 g/mol. The van der Waals surface area contributed by atoms with Gasteiger partial charge in [0.25, 0.3) is 0 Å². The van der Waals surface area contributed by atoms with Gasteiger partial charge >= 0.3 is 5.97 Å². The zero-order valence-electron chi connectivity index (χ0n) is 21.4. The zero-order chi connectivity index (χ0) is 23.1. The Hall–Kier alpha value is -0.830. The lowest BCUT2D eigenvalue weighted by molar-refractivity contribution is -0.154. The molecule has 0 radical (unpaired) electrons. The smallest absolute Gasteiger partial charge is 0.332 e. The first-order chi connectivity index (χ1) is 15.2. The summed E-state index contributed by atoms with van der Waals surface area (Å²) in [5.74, 6) is 4.65. The highest BCUT2D eigenvalue weighted by atomic mass is 16.6. The number of hydrogen-bond acceptors (Lipinski definition) is 3. The third-order valence-corrected chi connectivity index (χ3v) is 10.7. The van der Waals surface area contributed by atoms with Crippen molar-refractivity contribution in [3.63, 3.8) is 0 Å². The van der Waals surface area contributed by atoms with E-state index in [0.29, 0.717) is 5.41 Å². The second-order valence-corrected chi connectivity index (χ2v) is 12.8. The summed E-state index contributed by atoms with van der Waals surface area (Å²) in [6, 6.07) is 0. The number of fused-ring (bicyclic) bond motifs is 5. The molecule has 4 rings (SSSR count). The highest BCUT2D eigenvalue weighted by molar-refractivity contribution is 5.70. The molecule has 4 aliphatic rings. The number of carbonyl (C=O) groups is 1. The molecule has 3 fully saturated rings. The van der Waals surface area contributed by atoms with E-state index in [1.54, 1.807) is 5.57 Å². The van der Waals surface area contributed by atoms with Crippen LogP contribution in [-0.4, -0.2) is 23.8 Å². The van der Waals surface area contributed by atoms with E-state index in [1.807, 2.05) is 0 Å². The van der Waals surface area contributed by atoms with Gasteiger partial charge in [-0.15, -0.1) is 0 Å². The Balaban J connectivity index is 1.45. The van der Waals surface area contributed by atoms with E-state index in [2.05, 4.69) is 40.7 Å². The van der Waals surface area contributed by atoms with Gasteiger partial charge in [0, 0.05) is 6.42 Å². The lowest BCUT2D eigenvalue weighted by Gasteiger charge is -2.58. The maximum Gasteiger partial charge on any atom is 0.332 e. The fraction of sp³-hybridized carbons (Fsp3) is 0.897. The SMILES string of the molecule is CC(C)CCC[C@@H](C)[C@H]1CCC2C3CC=C4C[C@@H](OC(=O)CO)CC[C@]4(C)C3CC[C@@]21C. The van der Waals surface area contributed by atoms with Gasteiger partial charge in [-0.3, -0.25) is 0 Å². The van der Waals surface area contributed by atoms with Crippen LogP contribution in [0.25, 0.3) is 0 Å². The number of hydrogen-bond donors (Lipinski definition) is 1. The molecule has 3 unspecified atom stereocenters. The summed E-state index contributed by atoms with van der Waals surface area (Å²) in [6.45, 7) is 11.9. The minimum Gasteiger partial charge on any atom is -0.460 e. The van der Waals surface area contributed by atoms with Crippen LogP contribution in [0.4, 0.5) is 0 Å². The standard InChI is InChI=1S/C29H48O3/c1-19(2)7-6-8-20(3)24-11-12-25-23-10-9-21-17-22(32-27(31)18-30)13-15-28(21,4)26(23)14-16-29(24,25)5/h9,19-20,22-26,30H,6-8,10-18H2,1-5H3/t20-,22+,23?,24-,25?,26?,28+,29-/m1/s1. The number of carbonyl (C=O) groups excluding carboxylic acids is 1. The molecule has 0 aromatic carbocycles. The third kappa shape index (κ3) is 4.32. The van der Waals surface area contributed by atoms with Gasteiger partial charge in [0.15, 0.2) is 0 Å². The van der Waals surface area contributed by atoms with Crippen molar-refractivity contribution in [1.82, 2.24) is 0 Å². The lowest BCUT2D eigenvalue weighted by atomic mass is 9.47. The van der Waals surface area contributed by atoms with Crippen LogP contribution in [0.5, 0.6) is 0 Å². The molecule has 0 aromatic rings. The molecular formula is C29H48O3. The number of rotatable bonds is 7. The van der Waals surface area contributed by atoms with E-state index >= 15 is 0 Å². The van der Waals surface area contributed by atoms with Gasteiger partial charge in [-0.1, -0.05) is 65.5 Å². The Labute approximate surface area is 196 Å². The first-order valence-corrected chi connectivity index (χ1v) is 13.7. The van der Waals surface area contributed by atoms with Crippen molar-refractivity contribution in [2.24, 2.45) is 46.3 Å². The minimum atomic E-state index is -0.505. The van der Waals surface area contributed by atoms with Crippen molar-refractivity contribution in [3.8, 4) is 0 Å². The Morgan fingerprint density at radius 3 is 2.59 bits per heavy atom. The molecule has 0 bridgehead atoms. The van der Waals surface area contributed by atoms with Crippen molar-refractivity contribution in [1.29, 1.82) is 0 Å². The van der Waals surface area contributed by atoms with E-state index in [4.69, 9.17) is 9.84 Å². The largest absolute Gasteiger partial charge is 0.460 e. The summed E-state index contributed by atoms with van der Waals surface area (Å²) in [7, 11) is 0. The summed E-state index contributed by atoms with van der Waals surface area (Å²) < 4.78 is 5.51. The number of ether oxygens (including phenoxy) is 1. The summed E-state index contributed by atoms with van der Waals surface area (Å²) in [5, 5.41) is 9.06. The molecule has 3 saturated carbocycles. The fourth-order valence-electron chi connectivity index (χ4n) is 8.98. The van der Waals surface area contributed by atoms with Crippen LogP contribution in [0, 0.1) is 46.3 Å². The fourth-order valence-corrected chi connectivity index (χ4v) is 8.98. The molecule has 1 N–H and O–H groups in total. The Bertz CT molecular complexity index is 711. The quantitative estimate of drug-likeness (QED) is 0.342. The molecule has 182 valence electrons. The van der Waals surface area contributed by atoms with Gasteiger partial charge in [-0.2, -0.15) is 0 Å². The second kappa shape index (κ2) is 9.43. The topological polar surface area (TPSA) is 46.5 Å². The van der Waals surface area contributed by atoms with Crippen LogP contribution in [0.1, 0.15) is 105 Å². The van der Waals surface area contributed by atoms with Gasteiger partial charge < -0.3 is 9.84 Å². The molecule has 3 heteroatoms. The maximum absolute atomic E-state index is 11.6. The van der Waals surface area contributed by atoms with Crippen LogP contribution in [0.3, 0.4) is 0 Å². The average Bonchev–Trinajstić information content (AvgIpc) is 3.11. The molecule has 0 amide bonds. The van der Waals surface area contributed by atoms with Crippen LogP contribution in [-0.2, 0) is 9.53 Å². The highest BCUT2D eigenvalue weighted by Crippen LogP contribution is 2.67. The summed E-state index contributed by atoms with van der Waals surface area (Å²) in [4.78, 5) is 11.6. The summed E-state index contributed by atoms with van der Waals surface area (Å²) in [6.07, 6.45) is 16.5.